The highest BCUT2D eigenvalue weighted by Crippen LogP contribution is 2.23. The maximum Gasteiger partial charge on any atom is 0.337 e. The normalized spacial score (nSPS) is 9.88. The SMILES string of the molecule is O=Cc1ccc(-c2ccncc2C(=O)O)cc1. The second kappa shape index (κ2) is 4.57. The Morgan fingerprint density at radius 1 is 1.18 bits per heavy atom. The van der Waals surface area contributed by atoms with Crippen LogP contribution in [0.2, 0.25) is 0 Å². The number of nitrogens with zero attached hydrogens (tertiary/aromatic N) is 1. The van der Waals surface area contributed by atoms with Gasteiger partial charge in [0.2, 0.25) is 0 Å². The van der Waals surface area contributed by atoms with Crippen LogP contribution in [0.25, 0.3) is 11.1 Å². The van der Waals surface area contributed by atoms with E-state index in [-0.39, 0.29) is 5.56 Å². The molecule has 0 spiro atoms. The standard InChI is InChI=1S/C13H9NO3/c15-8-9-1-3-10(4-2-9)11-5-6-14-7-12(11)13(16)17/h1-8H,(H,16,17). The summed E-state index contributed by atoms with van der Waals surface area (Å²) >= 11 is 0. The van der Waals surface area contributed by atoms with Crippen molar-refractivity contribution in [3.63, 3.8) is 0 Å². The largest absolute Gasteiger partial charge is 0.478 e. The van der Waals surface area contributed by atoms with Crippen LogP contribution in [0.3, 0.4) is 0 Å². The average Bonchev–Trinajstić information content (AvgIpc) is 2.39. The number of aromatic carboxylic acids is 1. The average molecular weight is 227 g/mol. The monoisotopic (exact) mass is 227 g/mol. The molecule has 0 bridgehead atoms. The lowest BCUT2D eigenvalue weighted by Crippen LogP contribution is -2.00. The van der Waals surface area contributed by atoms with E-state index in [0.29, 0.717) is 11.1 Å². The molecule has 4 heteroatoms. The van der Waals surface area contributed by atoms with Gasteiger partial charge < -0.3 is 5.11 Å². The summed E-state index contributed by atoms with van der Waals surface area (Å²) in [7, 11) is 0. The Labute approximate surface area is 97.6 Å². The second-order valence-electron chi connectivity index (χ2n) is 3.47. The van der Waals surface area contributed by atoms with E-state index in [1.807, 2.05) is 0 Å². The molecule has 0 aliphatic heterocycles. The minimum absolute atomic E-state index is 0.145. The molecule has 0 saturated heterocycles. The van der Waals surface area contributed by atoms with Crippen LogP contribution in [0.5, 0.6) is 0 Å². The molecule has 0 atom stereocenters. The summed E-state index contributed by atoms with van der Waals surface area (Å²) < 4.78 is 0. The summed E-state index contributed by atoms with van der Waals surface area (Å²) in [6, 6.07) is 8.36. The van der Waals surface area contributed by atoms with Crippen LogP contribution >= 0.6 is 0 Å². The van der Waals surface area contributed by atoms with Gasteiger partial charge in [0, 0.05) is 18.0 Å². The predicted molar refractivity (Wildman–Crippen MR) is 62.0 cm³/mol. The van der Waals surface area contributed by atoms with Crippen molar-refractivity contribution in [2.45, 2.75) is 0 Å². The van der Waals surface area contributed by atoms with Crippen molar-refractivity contribution in [2.24, 2.45) is 0 Å². The molecule has 0 unspecified atom stereocenters. The van der Waals surface area contributed by atoms with E-state index in [1.54, 1.807) is 30.3 Å². The number of carbonyl (C=O) groups is 2. The highest BCUT2D eigenvalue weighted by molar-refractivity contribution is 5.95. The Bertz CT molecular complexity index is 561. The van der Waals surface area contributed by atoms with Gasteiger partial charge in [-0.3, -0.25) is 9.78 Å². The molecular weight excluding hydrogens is 218 g/mol. The van der Waals surface area contributed by atoms with Crippen LogP contribution < -0.4 is 0 Å². The van der Waals surface area contributed by atoms with Gasteiger partial charge in [0.05, 0.1) is 5.56 Å². The van der Waals surface area contributed by atoms with E-state index in [9.17, 15) is 9.59 Å². The number of hydrogen-bond donors (Lipinski definition) is 1. The molecule has 0 amide bonds. The highest BCUT2D eigenvalue weighted by atomic mass is 16.4. The van der Waals surface area contributed by atoms with Gasteiger partial charge in [-0.2, -0.15) is 0 Å². The van der Waals surface area contributed by atoms with Crippen LogP contribution in [-0.2, 0) is 0 Å². The minimum Gasteiger partial charge on any atom is -0.478 e. The van der Waals surface area contributed by atoms with E-state index >= 15 is 0 Å². The first-order valence-corrected chi connectivity index (χ1v) is 4.95. The molecule has 4 nitrogen and oxygen atoms in total. The molecule has 2 rings (SSSR count). The van der Waals surface area contributed by atoms with Gasteiger partial charge in [0.1, 0.15) is 6.29 Å². The molecule has 2 aromatic rings. The van der Waals surface area contributed by atoms with Gasteiger partial charge >= 0.3 is 5.97 Å². The van der Waals surface area contributed by atoms with Crippen LogP contribution in [0.1, 0.15) is 20.7 Å². The molecule has 1 aromatic heterocycles. The van der Waals surface area contributed by atoms with Crippen molar-refractivity contribution in [2.75, 3.05) is 0 Å². The van der Waals surface area contributed by atoms with Crippen molar-refractivity contribution < 1.29 is 14.7 Å². The van der Waals surface area contributed by atoms with Crippen LogP contribution in [0.4, 0.5) is 0 Å². The molecular formula is C13H9NO3. The van der Waals surface area contributed by atoms with Gasteiger partial charge in [-0.25, -0.2) is 4.79 Å². The number of carboxylic acids is 1. The van der Waals surface area contributed by atoms with Crippen LogP contribution in [0.15, 0.2) is 42.7 Å². The summed E-state index contributed by atoms with van der Waals surface area (Å²) in [5.41, 5.74) is 2.03. The topological polar surface area (TPSA) is 67.3 Å². The number of carbonyl (C=O) groups excluding carboxylic acids is 1. The molecule has 84 valence electrons. The molecule has 1 aromatic carbocycles. The Morgan fingerprint density at radius 3 is 2.47 bits per heavy atom. The van der Waals surface area contributed by atoms with Gasteiger partial charge in [0.15, 0.2) is 0 Å². The van der Waals surface area contributed by atoms with Gasteiger partial charge in [0.25, 0.3) is 0 Å². The number of aromatic nitrogens is 1. The zero-order chi connectivity index (χ0) is 12.3. The number of benzene rings is 1. The Hall–Kier alpha value is -2.49. The highest BCUT2D eigenvalue weighted by Gasteiger charge is 2.11. The lowest BCUT2D eigenvalue weighted by molar-refractivity contribution is 0.0697. The predicted octanol–water partition coefficient (Wildman–Crippen LogP) is 2.26. The third kappa shape index (κ3) is 2.20. The Balaban J connectivity index is 2.52. The van der Waals surface area contributed by atoms with Gasteiger partial charge in [-0.1, -0.05) is 24.3 Å². The summed E-state index contributed by atoms with van der Waals surface area (Å²) in [5.74, 6) is -1.02. The molecule has 0 saturated carbocycles. The maximum absolute atomic E-state index is 11.0. The first-order valence-electron chi connectivity index (χ1n) is 4.95. The number of hydrogen-bond acceptors (Lipinski definition) is 3. The first-order chi connectivity index (χ1) is 8.22. The Morgan fingerprint density at radius 2 is 1.88 bits per heavy atom. The molecule has 1 N–H and O–H groups in total. The quantitative estimate of drug-likeness (QED) is 0.816. The zero-order valence-corrected chi connectivity index (χ0v) is 8.83. The van der Waals surface area contributed by atoms with Crippen LogP contribution in [-0.4, -0.2) is 22.3 Å². The fourth-order valence-corrected chi connectivity index (χ4v) is 1.56. The summed E-state index contributed by atoms with van der Waals surface area (Å²) in [4.78, 5) is 25.3. The summed E-state index contributed by atoms with van der Waals surface area (Å²) in [5, 5.41) is 9.03. The number of pyridine rings is 1. The van der Waals surface area contributed by atoms with E-state index < -0.39 is 5.97 Å². The first kappa shape index (κ1) is 11.0. The number of rotatable bonds is 3. The Kier molecular flexibility index (Phi) is 2.96. The van der Waals surface area contributed by atoms with Gasteiger partial charge in [-0.05, 0) is 17.2 Å². The zero-order valence-electron chi connectivity index (χ0n) is 8.83. The maximum atomic E-state index is 11.0. The third-order valence-electron chi connectivity index (χ3n) is 2.41. The van der Waals surface area contributed by atoms with E-state index in [1.165, 1.54) is 12.4 Å². The van der Waals surface area contributed by atoms with Crippen molar-refractivity contribution in [3.8, 4) is 11.1 Å². The fourth-order valence-electron chi connectivity index (χ4n) is 1.56. The van der Waals surface area contributed by atoms with E-state index in [4.69, 9.17) is 5.11 Å². The van der Waals surface area contributed by atoms with Crippen molar-refractivity contribution >= 4 is 12.3 Å². The van der Waals surface area contributed by atoms with Crippen molar-refractivity contribution in [1.82, 2.24) is 4.98 Å². The third-order valence-corrected chi connectivity index (χ3v) is 2.41. The summed E-state index contributed by atoms with van der Waals surface area (Å²) in [6.07, 6.45) is 3.59. The van der Waals surface area contributed by atoms with Crippen molar-refractivity contribution in [3.05, 3.63) is 53.9 Å². The molecule has 17 heavy (non-hydrogen) atoms. The lowest BCUT2D eigenvalue weighted by Gasteiger charge is -2.05. The van der Waals surface area contributed by atoms with Crippen LogP contribution in [0, 0.1) is 0 Å². The second-order valence-corrected chi connectivity index (χ2v) is 3.47. The minimum atomic E-state index is -1.02. The van der Waals surface area contributed by atoms with Gasteiger partial charge in [-0.15, -0.1) is 0 Å². The molecule has 1 heterocycles. The molecule has 0 fully saturated rings. The van der Waals surface area contributed by atoms with E-state index in [0.717, 1.165) is 11.8 Å². The molecule has 0 aliphatic rings. The van der Waals surface area contributed by atoms with Crippen molar-refractivity contribution in [1.29, 1.82) is 0 Å². The van der Waals surface area contributed by atoms with E-state index in [2.05, 4.69) is 4.98 Å². The number of carboxylic acid groups (broad SMARTS) is 1. The lowest BCUT2D eigenvalue weighted by atomic mass is 10.0. The molecule has 0 radical (unpaired) electrons. The molecule has 0 aliphatic carbocycles. The fraction of sp³-hybridized carbons (Fsp3) is 0. The smallest absolute Gasteiger partial charge is 0.337 e. The number of aldehydes is 1. The summed E-state index contributed by atoms with van der Waals surface area (Å²) in [6.45, 7) is 0.